The van der Waals surface area contributed by atoms with Crippen molar-refractivity contribution >= 4 is 66.5 Å². The number of anilines is 1. The number of hydrogen-bond acceptors (Lipinski definition) is 14. The lowest BCUT2D eigenvalue weighted by Gasteiger charge is -2.24. The number of rotatable bonds is 10. The Bertz CT molecular complexity index is 1780. The molecule has 2 aliphatic rings. The number of fused-ring (bicyclic) bond motifs is 2. The fourth-order valence-electron chi connectivity index (χ4n) is 5.10. The van der Waals surface area contributed by atoms with Gasteiger partial charge in [-0.15, -0.1) is 0 Å². The number of ether oxygens (including phenoxy) is 2. The number of nitrogens with zero attached hydrogens (tertiary/aromatic N) is 6. The summed E-state index contributed by atoms with van der Waals surface area (Å²) in [5.41, 5.74) is 5.90. The van der Waals surface area contributed by atoms with Crippen LogP contribution in [0, 0.1) is 0 Å². The Morgan fingerprint density at radius 2 is 2.05 bits per heavy atom. The first kappa shape index (κ1) is 30.6. The van der Waals surface area contributed by atoms with Crippen LogP contribution in [0.25, 0.3) is 22.2 Å². The fourth-order valence-corrected chi connectivity index (χ4v) is 7.47. The van der Waals surface area contributed by atoms with Crippen molar-refractivity contribution in [3.63, 3.8) is 0 Å². The van der Waals surface area contributed by atoms with Gasteiger partial charge in [-0.3, -0.25) is 23.0 Å². The predicted octanol–water partition coefficient (Wildman–Crippen LogP) is 1.81. The van der Waals surface area contributed by atoms with Crippen LogP contribution in [0.2, 0.25) is 0 Å². The molecule has 0 bridgehead atoms. The molecule has 0 spiro atoms. The van der Waals surface area contributed by atoms with Gasteiger partial charge >= 0.3 is 6.80 Å². The number of imidazole rings is 1. The number of nitrogens with one attached hydrogen (secondary N) is 1. The molecule has 43 heavy (non-hydrogen) atoms. The third-order valence-electron chi connectivity index (χ3n) is 6.98. The molecule has 2 fully saturated rings. The summed E-state index contributed by atoms with van der Waals surface area (Å²) in [5, 5.41) is 10.2. The van der Waals surface area contributed by atoms with Crippen molar-refractivity contribution < 1.29 is 41.7 Å². The van der Waals surface area contributed by atoms with Crippen molar-refractivity contribution in [2.75, 3.05) is 18.9 Å². The van der Waals surface area contributed by atoms with Gasteiger partial charge in [0.1, 0.15) is 36.1 Å². The highest BCUT2D eigenvalue weighted by molar-refractivity contribution is 8.44. The molecule has 6 heterocycles. The zero-order chi connectivity index (χ0) is 30.5. The quantitative estimate of drug-likeness (QED) is 0.119. The lowest BCUT2D eigenvalue weighted by atomic mass is 10.1. The molecule has 0 radical (unpaired) electrons. The molecule has 2 saturated heterocycles. The molecule has 6 rings (SSSR count). The van der Waals surface area contributed by atoms with Crippen molar-refractivity contribution in [2.24, 2.45) is 0 Å². The van der Waals surface area contributed by atoms with Crippen LogP contribution in [0.15, 0.2) is 36.0 Å². The van der Waals surface area contributed by atoms with Gasteiger partial charge in [0.05, 0.1) is 37.4 Å². The highest BCUT2D eigenvalue weighted by Crippen LogP contribution is 2.57. The number of nitrogens with two attached hydrogens (primary N) is 1. The van der Waals surface area contributed by atoms with E-state index in [1.165, 1.54) is 34.3 Å². The number of H-pyrrole nitrogens is 1. The second kappa shape index (κ2) is 12.2. The lowest BCUT2D eigenvalue weighted by Crippen LogP contribution is -2.32. The molecule has 0 saturated carbocycles. The molecule has 22 heteroatoms. The largest absolute Gasteiger partial charge is 0.394 e. The molecule has 4 aromatic heterocycles. The standard InChI is InChI=1S/C21H25FN8O9P2S2/c22-13-15(38-40(33)42)12(37-21(13)29-2-1-10-16(23)24-6-25-17(10)29)5-35-41(34,43)39-11-3-9(4-31)36-20(11)30-8-28-14-18(30)26-7-27-19(14)32/h1-2,6-9,11-13,15,20-21,31,40H,3-5H2,(H,33,42)(H,34,43)(H2,23,24,25)(H,26,27,32)/t9-,11+,12+,13-,15+,20+,21+,41?/m0/s1. The van der Waals surface area contributed by atoms with E-state index in [9.17, 15) is 19.0 Å². The van der Waals surface area contributed by atoms with Gasteiger partial charge in [0.25, 0.3) is 5.56 Å². The van der Waals surface area contributed by atoms with Crippen LogP contribution < -0.4 is 11.3 Å². The minimum absolute atomic E-state index is 0.0375. The summed E-state index contributed by atoms with van der Waals surface area (Å²) in [7, 11) is -2.94. The fraction of sp³-hybridized carbons (Fsp3) is 0.476. The van der Waals surface area contributed by atoms with Crippen LogP contribution in [-0.4, -0.2) is 83.0 Å². The number of nitrogen functional groups attached to an aromatic ring is 1. The highest BCUT2D eigenvalue weighted by Gasteiger charge is 2.49. The van der Waals surface area contributed by atoms with E-state index in [0.29, 0.717) is 5.39 Å². The predicted molar refractivity (Wildman–Crippen MR) is 155 cm³/mol. The average Bonchev–Trinajstić information content (AvgIpc) is 3.73. The molecule has 4 aromatic rings. The maximum atomic E-state index is 15.7. The van der Waals surface area contributed by atoms with Crippen molar-refractivity contribution in [1.29, 1.82) is 0 Å². The topological polar surface area (TPSA) is 221 Å². The minimum Gasteiger partial charge on any atom is -0.394 e. The van der Waals surface area contributed by atoms with Crippen LogP contribution in [-0.2, 0) is 32.2 Å². The van der Waals surface area contributed by atoms with Gasteiger partial charge in [0.2, 0.25) is 7.23 Å². The Hall–Kier alpha value is -2.38. The number of aromatic nitrogens is 7. The summed E-state index contributed by atoms with van der Waals surface area (Å²) >= 11 is 7.86. The van der Waals surface area contributed by atoms with E-state index in [1.807, 2.05) is 0 Å². The first-order valence-corrected chi connectivity index (χ1v) is 17.9. The van der Waals surface area contributed by atoms with Crippen LogP contribution in [0.3, 0.4) is 0 Å². The third kappa shape index (κ3) is 6.01. The zero-order valence-corrected chi connectivity index (χ0v) is 25.4. The van der Waals surface area contributed by atoms with Crippen molar-refractivity contribution in [1.82, 2.24) is 34.1 Å². The average molecular weight is 679 g/mol. The lowest BCUT2D eigenvalue weighted by molar-refractivity contribution is -0.0514. The smallest absolute Gasteiger partial charge is 0.386 e. The molecular weight excluding hydrogens is 653 g/mol. The maximum absolute atomic E-state index is 15.7. The Balaban J connectivity index is 1.20. The maximum Gasteiger partial charge on any atom is 0.386 e. The van der Waals surface area contributed by atoms with Gasteiger partial charge in [0.15, 0.2) is 29.8 Å². The number of hydrogen-bond donors (Lipinski definition) is 5. The van der Waals surface area contributed by atoms with Crippen LogP contribution in [0.4, 0.5) is 10.2 Å². The van der Waals surface area contributed by atoms with E-state index in [2.05, 4.69) is 49.4 Å². The summed E-state index contributed by atoms with van der Waals surface area (Å²) in [6.07, 6.45) is -3.26. The molecule has 4 N–H and O–H groups in total. The van der Waals surface area contributed by atoms with Crippen LogP contribution in [0.5, 0.6) is 0 Å². The summed E-state index contributed by atoms with van der Waals surface area (Å²) in [6, 6.07) is 1.59. The normalized spacial score (nSPS) is 29.8. The molecule has 9 atom stereocenters. The van der Waals surface area contributed by atoms with Gasteiger partial charge in [-0.1, -0.05) is 24.5 Å². The van der Waals surface area contributed by atoms with E-state index in [1.54, 1.807) is 6.07 Å². The second-order valence-corrected chi connectivity index (χ2v) is 14.3. The Morgan fingerprint density at radius 1 is 1.23 bits per heavy atom. The molecule has 0 amide bonds. The van der Waals surface area contributed by atoms with Crippen molar-refractivity contribution in [3.8, 4) is 0 Å². The first-order valence-electron chi connectivity index (χ1n) is 12.6. The van der Waals surface area contributed by atoms with Gasteiger partial charge in [-0.2, -0.15) is 0 Å². The van der Waals surface area contributed by atoms with Crippen molar-refractivity contribution in [2.45, 2.75) is 49.5 Å². The van der Waals surface area contributed by atoms with Gasteiger partial charge in [0, 0.05) is 12.6 Å². The molecule has 17 nitrogen and oxygen atoms in total. The molecular formula is C21H25FN8O9P2S2. The van der Waals surface area contributed by atoms with E-state index in [0.717, 1.165) is 0 Å². The van der Waals surface area contributed by atoms with E-state index in [-0.39, 0.29) is 35.7 Å². The zero-order valence-electron chi connectivity index (χ0n) is 21.7. The molecule has 232 valence electrons. The number of aromatic amines is 1. The highest BCUT2D eigenvalue weighted by atomic mass is 32.7. The molecule has 0 aliphatic carbocycles. The van der Waals surface area contributed by atoms with E-state index in [4.69, 9.17) is 28.8 Å². The SMILES string of the molecule is Nc1ncnc2c1ccn2[C@@H]1O[C@H](COP(=O)(S)O[C@@H]2C[C@@H](CO)O[C@H]2n2cnc3c(=O)[nH]cnc32)[C@@H](O[PH](=O)S)[C@@H]1F. The van der Waals surface area contributed by atoms with Crippen LogP contribution in [0.1, 0.15) is 18.9 Å². The summed E-state index contributed by atoms with van der Waals surface area (Å²) < 4.78 is 71.9. The van der Waals surface area contributed by atoms with Gasteiger partial charge in [-0.25, -0.2) is 28.9 Å². The molecule has 2 unspecified atom stereocenters. The summed E-state index contributed by atoms with van der Waals surface area (Å²) in [4.78, 5) is 30.7. The van der Waals surface area contributed by atoms with E-state index >= 15 is 4.39 Å². The number of thiol groups is 2. The third-order valence-corrected chi connectivity index (χ3v) is 9.41. The Labute approximate surface area is 252 Å². The molecule has 2 aliphatic heterocycles. The first-order chi connectivity index (χ1) is 20.6. The Kier molecular flexibility index (Phi) is 8.69. The summed E-state index contributed by atoms with van der Waals surface area (Å²) in [6.45, 7) is -5.15. The van der Waals surface area contributed by atoms with Gasteiger partial charge in [-0.05, 0) is 6.07 Å². The Morgan fingerprint density at radius 3 is 2.81 bits per heavy atom. The minimum atomic E-state index is -4.23. The number of alkyl halides is 1. The van der Waals surface area contributed by atoms with Crippen LogP contribution >= 0.6 is 38.5 Å². The van der Waals surface area contributed by atoms with Crippen molar-refractivity contribution in [3.05, 3.63) is 41.6 Å². The molecule has 0 aromatic carbocycles. The number of aliphatic hydroxyl groups excluding tert-OH is 1. The number of aliphatic hydroxyl groups is 1. The monoisotopic (exact) mass is 678 g/mol. The van der Waals surface area contributed by atoms with E-state index < -0.39 is 69.2 Å². The van der Waals surface area contributed by atoms with Gasteiger partial charge < -0.3 is 34.4 Å². The second-order valence-electron chi connectivity index (χ2n) is 9.61. The number of halogens is 1. The summed E-state index contributed by atoms with van der Waals surface area (Å²) in [5.74, 6) is 0.183.